The molecule has 0 spiro atoms. The Morgan fingerprint density at radius 1 is 0.524 bits per heavy atom. The van der Waals surface area contributed by atoms with E-state index in [1.807, 2.05) is 27.7 Å². The van der Waals surface area contributed by atoms with Crippen LogP contribution in [0.4, 0.5) is 0 Å². The first-order valence-corrected chi connectivity index (χ1v) is 6.34. The predicted octanol–water partition coefficient (Wildman–Crippen LogP) is -0.993. The van der Waals surface area contributed by atoms with Gasteiger partial charge >= 0.3 is 0 Å². The van der Waals surface area contributed by atoms with Gasteiger partial charge in [-0.25, -0.2) is 0 Å². The van der Waals surface area contributed by atoms with Crippen LogP contribution in [0.3, 0.4) is 0 Å². The van der Waals surface area contributed by atoms with Crippen LogP contribution in [0.5, 0.6) is 0 Å². The Kier molecular flexibility index (Phi) is 77.7. The number of amides is 4. The van der Waals surface area contributed by atoms with Crippen LogP contribution in [-0.2, 0) is 45.0 Å². The molecule has 124 valence electrons. The van der Waals surface area contributed by atoms with Crippen molar-refractivity contribution in [3.63, 3.8) is 0 Å². The average molecular weight is 471 g/mol. The second-order valence-electron chi connectivity index (χ2n) is 2.70. The van der Waals surface area contributed by atoms with Crippen molar-refractivity contribution >= 4 is 25.6 Å². The molecule has 0 aromatic carbocycles. The van der Waals surface area contributed by atoms with Gasteiger partial charge in [-0.1, -0.05) is 0 Å². The largest absolute Gasteiger partial charge is 0.359 e. The van der Waals surface area contributed by atoms with Crippen molar-refractivity contribution in [3.8, 4) is 0 Å². The molecular weight excluding hydrogens is 443 g/mol. The molecule has 9 heteroatoms. The van der Waals surface area contributed by atoms with Crippen molar-refractivity contribution in [1.29, 1.82) is 0 Å². The molecule has 0 unspecified atom stereocenters. The number of carbonyl (C=O) groups excluding carboxylic acids is 4. The molecule has 0 radical (unpaired) electrons. The molecule has 0 aromatic heterocycles. The van der Waals surface area contributed by atoms with Gasteiger partial charge in [-0.2, -0.15) is 0 Å². The summed E-state index contributed by atoms with van der Waals surface area (Å²) in [5, 5.41) is 9.72. The molecule has 0 aliphatic carbocycles. The van der Waals surface area contributed by atoms with Gasteiger partial charge in [0.25, 0.3) is 0 Å². The zero-order valence-corrected chi connectivity index (χ0v) is 16.9. The Bertz CT molecular complexity index is 158. The monoisotopic (exact) mass is 472 g/mol. The maximum Gasteiger partial charge on any atom is 0.207 e. The van der Waals surface area contributed by atoms with Crippen LogP contribution >= 0.6 is 0 Å². The standard InChI is InChI=1S/4C3H7NO.Hf/c4*1-2-4-3-5;/h4*3H,2H2,1H3,(H,4,5);. The molecule has 4 amide bonds. The Balaban J connectivity index is -0.0000000533. The molecule has 0 fully saturated rings. The quantitative estimate of drug-likeness (QED) is 0.269. The Labute approximate surface area is 146 Å². The molecule has 21 heavy (non-hydrogen) atoms. The molecular formula is C12H28HfN4O4. The van der Waals surface area contributed by atoms with Gasteiger partial charge in [-0.05, 0) is 27.7 Å². The molecule has 0 bridgehead atoms. The zero-order chi connectivity index (χ0) is 16.5. The van der Waals surface area contributed by atoms with Gasteiger partial charge in [0.1, 0.15) is 0 Å². The number of carbonyl (C=O) groups is 4. The van der Waals surface area contributed by atoms with Gasteiger partial charge in [0.05, 0.1) is 0 Å². The summed E-state index contributed by atoms with van der Waals surface area (Å²) in [4.78, 5) is 37.2. The van der Waals surface area contributed by atoms with Crippen molar-refractivity contribution in [2.45, 2.75) is 27.7 Å². The fourth-order valence-electron chi connectivity index (χ4n) is 0.333. The molecule has 0 saturated carbocycles. The summed E-state index contributed by atoms with van der Waals surface area (Å²) in [6, 6.07) is 0. The molecule has 0 heterocycles. The van der Waals surface area contributed by atoms with Crippen molar-refractivity contribution in [1.82, 2.24) is 21.3 Å². The third-order valence-electron chi connectivity index (χ3n) is 1.15. The molecule has 0 saturated heterocycles. The van der Waals surface area contributed by atoms with E-state index in [2.05, 4.69) is 21.3 Å². The molecule has 4 N–H and O–H groups in total. The van der Waals surface area contributed by atoms with Gasteiger partial charge in [0, 0.05) is 52.0 Å². The topological polar surface area (TPSA) is 116 Å². The Morgan fingerprint density at radius 2 is 0.667 bits per heavy atom. The fraction of sp³-hybridized carbons (Fsp3) is 0.667. The van der Waals surface area contributed by atoms with E-state index >= 15 is 0 Å². The van der Waals surface area contributed by atoms with Gasteiger partial charge in [0.2, 0.25) is 25.6 Å². The number of hydrogen-bond donors (Lipinski definition) is 4. The second kappa shape index (κ2) is 51.1. The summed E-state index contributed by atoms with van der Waals surface area (Å²) in [7, 11) is 0. The maximum atomic E-state index is 9.29. The van der Waals surface area contributed by atoms with E-state index in [1.54, 1.807) is 0 Å². The van der Waals surface area contributed by atoms with Crippen molar-refractivity contribution < 1.29 is 45.0 Å². The second-order valence-corrected chi connectivity index (χ2v) is 2.70. The normalized spacial score (nSPS) is 6.29. The number of hydrogen-bond acceptors (Lipinski definition) is 4. The van der Waals surface area contributed by atoms with Crippen LogP contribution in [0.2, 0.25) is 0 Å². The zero-order valence-electron chi connectivity index (χ0n) is 13.3. The number of nitrogens with one attached hydrogen (secondary N) is 4. The minimum absolute atomic E-state index is 0. The third-order valence-corrected chi connectivity index (χ3v) is 1.15. The van der Waals surface area contributed by atoms with E-state index in [1.165, 1.54) is 0 Å². The van der Waals surface area contributed by atoms with Gasteiger partial charge < -0.3 is 21.3 Å². The van der Waals surface area contributed by atoms with E-state index < -0.39 is 0 Å². The van der Waals surface area contributed by atoms with Gasteiger partial charge in [-0.15, -0.1) is 0 Å². The first-order valence-electron chi connectivity index (χ1n) is 6.34. The summed E-state index contributed by atoms with van der Waals surface area (Å²) < 4.78 is 0. The average Bonchev–Trinajstić information content (AvgIpc) is 2.44. The Hall–Kier alpha value is -1.25. The Morgan fingerprint density at radius 3 is 0.667 bits per heavy atom. The molecule has 0 rings (SSSR count). The van der Waals surface area contributed by atoms with Crippen LogP contribution in [0.25, 0.3) is 0 Å². The van der Waals surface area contributed by atoms with Crippen LogP contribution in [-0.4, -0.2) is 51.8 Å². The molecule has 8 nitrogen and oxygen atoms in total. The third kappa shape index (κ3) is 115. The minimum atomic E-state index is 0. The van der Waals surface area contributed by atoms with E-state index in [0.717, 1.165) is 26.2 Å². The van der Waals surface area contributed by atoms with Crippen molar-refractivity contribution in [2.24, 2.45) is 0 Å². The summed E-state index contributed by atoms with van der Waals surface area (Å²) in [6.45, 7) is 10.4. The fourth-order valence-corrected chi connectivity index (χ4v) is 0.333. The SMILES string of the molecule is CCNC=O.CCNC=O.CCNC=O.CCNC=O.[Hf]. The van der Waals surface area contributed by atoms with Gasteiger partial charge in [-0.3, -0.25) is 19.2 Å². The summed E-state index contributed by atoms with van der Waals surface area (Å²) >= 11 is 0. The van der Waals surface area contributed by atoms with Crippen LogP contribution in [0.1, 0.15) is 27.7 Å². The minimum Gasteiger partial charge on any atom is -0.359 e. The van der Waals surface area contributed by atoms with Crippen molar-refractivity contribution in [2.75, 3.05) is 26.2 Å². The molecule has 0 aromatic rings. The van der Waals surface area contributed by atoms with Gasteiger partial charge in [0.15, 0.2) is 0 Å². The number of rotatable bonds is 8. The first kappa shape index (κ1) is 31.9. The van der Waals surface area contributed by atoms with Crippen LogP contribution < -0.4 is 21.3 Å². The van der Waals surface area contributed by atoms with E-state index in [0.29, 0.717) is 25.6 Å². The molecule has 0 atom stereocenters. The van der Waals surface area contributed by atoms with Crippen molar-refractivity contribution in [3.05, 3.63) is 0 Å². The summed E-state index contributed by atoms with van der Waals surface area (Å²) in [6.07, 6.45) is 2.72. The van der Waals surface area contributed by atoms with Crippen LogP contribution in [0.15, 0.2) is 0 Å². The first-order chi connectivity index (χ1) is 9.66. The van der Waals surface area contributed by atoms with E-state index in [4.69, 9.17) is 0 Å². The molecule has 0 aliphatic heterocycles. The summed E-state index contributed by atoms with van der Waals surface area (Å²) in [5.74, 6) is 0. The predicted molar refractivity (Wildman–Crippen MR) is 79.0 cm³/mol. The van der Waals surface area contributed by atoms with Crippen LogP contribution in [0, 0.1) is 0 Å². The maximum absolute atomic E-state index is 9.29. The molecule has 0 aliphatic rings. The van der Waals surface area contributed by atoms with E-state index in [9.17, 15) is 19.2 Å². The smallest absolute Gasteiger partial charge is 0.207 e. The van der Waals surface area contributed by atoms with E-state index in [-0.39, 0.29) is 25.8 Å². The summed E-state index contributed by atoms with van der Waals surface area (Å²) in [5.41, 5.74) is 0.